The summed E-state index contributed by atoms with van der Waals surface area (Å²) >= 11 is 0. The summed E-state index contributed by atoms with van der Waals surface area (Å²) in [5, 5.41) is 10.1. The minimum absolute atomic E-state index is 0.0960. The van der Waals surface area contributed by atoms with Crippen LogP contribution in [0.2, 0.25) is 0 Å². The van der Waals surface area contributed by atoms with Crippen molar-refractivity contribution in [2.75, 3.05) is 52.3 Å². The summed E-state index contributed by atoms with van der Waals surface area (Å²) in [5.74, 6) is 0.214. The number of alkyl halides is 3. The Labute approximate surface area is 248 Å². The van der Waals surface area contributed by atoms with Crippen molar-refractivity contribution in [3.63, 3.8) is 0 Å². The molecule has 42 heavy (non-hydrogen) atoms. The summed E-state index contributed by atoms with van der Waals surface area (Å²) in [7, 11) is 5.74. The highest BCUT2D eigenvalue weighted by atomic mass is 19.4. The lowest BCUT2D eigenvalue weighted by atomic mass is 10.0. The number of hydrogen-bond donors (Lipinski definition) is 1. The highest BCUT2D eigenvalue weighted by Crippen LogP contribution is 2.30. The van der Waals surface area contributed by atoms with E-state index < -0.39 is 17.8 Å². The van der Waals surface area contributed by atoms with Crippen molar-refractivity contribution in [3.8, 4) is 5.75 Å². The molecule has 2 aromatic carbocycles. The molecule has 0 fully saturated rings. The molecular formula is C32H46F3N3O4. The van der Waals surface area contributed by atoms with Gasteiger partial charge in [-0.3, -0.25) is 9.69 Å². The number of aliphatic hydroxyl groups excluding tert-OH is 1. The minimum atomic E-state index is -4.37. The first-order chi connectivity index (χ1) is 19.8. The highest BCUT2D eigenvalue weighted by molar-refractivity contribution is 5.98. The second kappa shape index (κ2) is 15.1. The van der Waals surface area contributed by atoms with E-state index in [2.05, 4.69) is 0 Å². The third kappa shape index (κ3) is 9.34. The highest BCUT2D eigenvalue weighted by Gasteiger charge is 2.31. The Kier molecular flexibility index (Phi) is 12.1. The van der Waals surface area contributed by atoms with Gasteiger partial charge in [-0.15, -0.1) is 0 Å². The van der Waals surface area contributed by atoms with Gasteiger partial charge in [0.2, 0.25) is 0 Å². The molecule has 0 saturated carbocycles. The van der Waals surface area contributed by atoms with Gasteiger partial charge in [-0.2, -0.15) is 13.2 Å². The van der Waals surface area contributed by atoms with Gasteiger partial charge in [0.15, 0.2) is 0 Å². The Morgan fingerprint density at radius 1 is 1.07 bits per heavy atom. The van der Waals surface area contributed by atoms with Crippen LogP contribution >= 0.6 is 0 Å². The monoisotopic (exact) mass is 593 g/mol. The molecule has 3 rings (SSSR count). The molecule has 1 aliphatic rings. The van der Waals surface area contributed by atoms with E-state index in [4.69, 9.17) is 9.47 Å². The SMILES string of the molecule is C[C@@H]1CCCCO[C@H](CN(C)Cc2ccc(C(F)(F)F)cc2)[C@H](C)CN([C@@H](C)CO)C(=O)c2cc(N(C)C)ccc2O1. The lowest BCUT2D eigenvalue weighted by Gasteiger charge is -2.36. The number of amides is 1. The predicted molar refractivity (Wildman–Crippen MR) is 159 cm³/mol. The number of carbonyl (C=O) groups excluding carboxylic acids is 1. The molecule has 1 amide bonds. The van der Waals surface area contributed by atoms with Crippen molar-refractivity contribution in [3.05, 3.63) is 59.2 Å². The van der Waals surface area contributed by atoms with Crippen LogP contribution in [0.5, 0.6) is 5.75 Å². The van der Waals surface area contributed by atoms with Gasteiger partial charge >= 0.3 is 6.18 Å². The van der Waals surface area contributed by atoms with Crippen LogP contribution in [0.4, 0.5) is 18.9 Å². The van der Waals surface area contributed by atoms with Gasteiger partial charge in [0.05, 0.1) is 36.0 Å². The van der Waals surface area contributed by atoms with Gasteiger partial charge in [-0.25, -0.2) is 0 Å². The molecule has 0 aromatic heterocycles. The van der Waals surface area contributed by atoms with Crippen molar-refractivity contribution >= 4 is 11.6 Å². The maximum atomic E-state index is 14.1. The molecule has 0 spiro atoms. The maximum Gasteiger partial charge on any atom is 0.416 e. The third-order valence-corrected chi connectivity index (χ3v) is 7.78. The van der Waals surface area contributed by atoms with Crippen molar-refractivity contribution in [1.82, 2.24) is 9.80 Å². The Balaban J connectivity index is 1.86. The number of likely N-dealkylation sites (N-methyl/N-ethyl adjacent to an activating group) is 1. The molecule has 2 aromatic rings. The number of halogens is 3. The molecule has 0 saturated heterocycles. The van der Waals surface area contributed by atoms with Gasteiger partial charge in [-0.1, -0.05) is 19.1 Å². The van der Waals surface area contributed by atoms with Crippen LogP contribution in [-0.2, 0) is 17.5 Å². The smallest absolute Gasteiger partial charge is 0.416 e. The number of fused-ring (bicyclic) bond motifs is 1. The quantitative estimate of drug-likeness (QED) is 0.445. The van der Waals surface area contributed by atoms with E-state index in [0.29, 0.717) is 37.6 Å². The zero-order valence-electron chi connectivity index (χ0n) is 25.7. The second-order valence-electron chi connectivity index (χ2n) is 11.8. The number of rotatable bonds is 7. The average Bonchev–Trinajstić information content (AvgIpc) is 2.93. The normalized spacial score (nSPS) is 21.8. The summed E-state index contributed by atoms with van der Waals surface area (Å²) in [6, 6.07) is 10.4. The molecule has 0 aliphatic carbocycles. The molecule has 0 bridgehead atoms. The number of aliphatic hydroxyl groups is 1. The summed E-state index contributed by atoms with van der Waals surface area (Å²) < 4.78 is 51.6. The second-order valence-corrected chi connectivity index (χ2v) is 11.8. The number of carbonyl (C=O) groups is 1. The Hall–Kier alpha value is -2.82. The molecule has 1 N–H and O–H groups in total. The summed E-state index contributed by atoms with van der Waals surface area (Å²) in [4.78, 5) is 19.7. The van der Waals surface area contributed by atoms with Crippen molar-refractivity contribution in [2.24, 2.45) is 5.92 Å². The fourth-order valence-corrected chi connectivity index (χ4v) is 5.13. The maximum absolute atomic E-state index is 14.1. The molecule has 4 atom stereocenters. The molecule has 234 valence electrons. The van der Waals surface area contributed by atoms with Crippen LogP contribution < -0.4 is 9.64 Å². The van der Waals surface area contributed by atoms with E-state index in [-0.39, 0.29) is 30.6 Å². The van der Waals surface area contributed by atoms with E-state index in [1.165, 1.54) is 12.1 Å². The Morgan fingerprint density at radius 2 is 1.76 bits per heavy atom. The number of anilines is 1. The fraction of sp³-hybridized carbons (Fsp3) is 0.594. The topological polar surface area (TPSA) is 65.5 Å². The van der Waals surface area contributed by atoms with E-state index in [1.54, 1.807) is 4.90 Å². The molecular weight excluding hydrogens is 547 g/mol. The van der Waals surface area contributed by atoms with Crippen LogP contribution in [0.25, 0.3) is 0 Å². The first-order valence-corrected chi connectivity index (χ1v) is 14.7. The van der Waals surface area contributed by atoms with E-state index in [1.807, 2.05) is 69.9 Å². The molecule has 7 nitrogen and oxygen atoms in total. The van der Waals surface area contributed by atoms with Crippen molar-refractivity contribution in [2.45, 2.75) is 71.0 Å². The Bertz CT molecular complexity index is 1140. The molecule has 0 radical (unpaired) electrons. The first kappa shape index (κ1) is 33.7. The number of benzene rings is 2. The lowest BCUT2D eigenvalue weighted by molar-refractivity contribution is -0.137. The van der Waals surface area contributed by atoms with Crippen LogP contribution in [0.1, 0.15) is 61.5 Å². The van der Waals surface area contributed by atoms with Crippen molar-refractivity contribution < 1.29 is 32.5 Å². The summed E-state index contributed by atoms with van der Waals surface area (Å²) in [6.45, 7) is 7.52. The number of nitrogens with zero attached hydrogens (tertiary/aromatic N) is 3. The first-order valence-electron chi connectivity index (χ1n) is 14.7. The summed E-state index contributed by atoms with van der Waals surface area (Å²) in [6.07, 6.45) is -2.16. The van der Waals surface area contributed by atoms with Crippen LogP contribution in [0.15, 0.2) is 42.5 Å². The zero-order chi connectivity index (χ0) is 31.0. The standard InChI is InChI=1S/C32H46F3N3O4/c1-22-18-38(23(2)21-39)31(40)28-17-27(36(4)5)14-15-29(28)42-24(3)9-7-8-16-41-30(22)20-37(6)19-25-10-12-26(13-11-25)32(33,34)35/h10-15,17,22-24,30,39H,7-9,16,18-21H2,1-6H3/t22-,23+,24-,30-/m1/s1. The molecule has 10 heteroatoms. The van der Waals surface area contributed by atoms with E-state index in [9.17, 15) is 23.1 Å². The minimum Gasteiger partial charge on any atom is -0.490 e. The van der Waals surface area contributed by atoms with E-state index in [0.717, 1.165) is 42.6 Å². The van der Waals surface area contributed by atoms with Gasteiger partial charge in [-0.05, 0) is 76.1 Å². The van der Waals surface area contributed by atoms with E-state index >= 15 is 0 Å². The van der Waals surface area contributed by atoms with Gasteiger partial charge in [0.1, 0.15) is 5.75 Å². The molecule has 1 heterocycles. The van der Waals surface area contributed by atoms with Gasteiger partial charge in [0.25, 0.3) is 5.91 Å². The van der Waals surface area contributed by atoms with Crippen LogP contribution in [0.3, 0.4) is 0 Å². The molecule has 0 unspecified atom stereocenters. The van der Waals surface area contributed by atoms with Gasteiger partial charge in [0, 0.05) is 51.9 Å². The summed E-state index contributed by atoms with van der Waals surface area (Å²) in [5.41, 5.74) is 1.43. The number of hydrogen-bond acceptors (Lipinski definition) is 6. The lowest BCUT2D eigenvalue weighted by Crippen LogP contribution is -2.47. The largest absolute Gasteiger partial charge is 0.490 e. The van der Waals surface area contributed by atoms with Gasteiger partial charge < -0.3 is 24.4 Å². The number of ether oxygens (including phenoxy) is 2. The third-order valence-electron chi connectivity index (χ3n) is 7.78. The fourth-order valence-electron chi connectivity index (χ4n) is 5.13. The predicted octanol–water partition coefficient (Wildman–Crippen LogP) is 5.70. The zero-order valence-corrected chi connectivity index (χ0v) is 25.7. The average molecular weight is 594 g/mol. The molecule has 1 aliphatic heterocycles. The Morgan fingerprint density at radius 3 is 2.38 bits per heavy atom. The van der Waals surface area contributed by atoms with Crippen LogP contribution in [-0.4, -0.2) is 86.5 Å². The van der Waals surface area contributed by atoms with Crippen LogP contribution in [0, 0.1) is 5.92 Å². The van der Waals surface area contributed by atoms with Crippen molar-refractivity contribution in [1.29, 1.82) is 0 Å².